The van der Waals surface area contributed by atoms with Crippen LogP contribution in [0.3, 0.4) is 0 Å². The van der Waals surface area contributed by atoms with E-state index in [2.05, 4.69) is 21.2 Å². The fraction of sp³-hybridized carbons (Fsp3) is 0.500. The molecule has 6 heterocycles. The average molecular weight is 646 g/mol. The Morgan fingerprint density at radius 3 is 2.70 bits per heavy atom. The quantitative estimate of drug-likeness (QED) is 0.263. The number of nitrogens with one attached hydrogen (secondary N) is 1. The Bertz CT molecular complexity index is 1950. The predicted molar refractivity (Wildman–Crippen MR) is 172 cm³/mol. The molecule has 0 spiro atoms. The highest BCUT2D eigenvalue weighted by Crippen LogP contribution is 2.51. The van der Waals surface area contributed by atoms with Crippen LogP contribution in [0, 0.1) is 23.0 Å². The molecular weight excluding hydrogens is 611 g/mol. The molecule has 4 atom stereocenters. The lowest BCUT2D eigenvalue weighted by atomic mass is 9.91. The summed E-state index contributed by atoms with van der Waals surface area (Å²) in [5.41, 5.74) is 7.60. The number of thiophene rings is 1. The van der Waals surface area contributed by atoms with Gasteiger partial charge in [-0.2, -0.15) is 15.2 Å². The maximum absolute atomic E-state index is 17.3. The number of fused-ring (bicyclic) bond motifs is 5. The Balaban J connectivity index is 1.23. The van der Waals surface area contributed by atoms with Gasteiger partial charge in [-0.05, 0) is 74.2 Å². The summed E-state index contributed by atoms with van der Waals surface area (Å²) in [6.07, 6.45) is 5.29. The number of hydrogen-bond donors (Lipinski definition) is 2. The van der Waals surface area contributed by atoms with Crippen molar-refractivity contribution < 1.29 is 17.9 Å². The lowest BCUT2D eigenvalue weighted by Gasteiger charge is -2.35. The molecular formula is C34H34F3N7OS. The van der Waals surface area contributed by atoms with E-state index >= 15 is 8.78 Å². The molecule has 12 heteroatoms. The minimum atomic E-state index is -0.897. The van der Waals surface area contributed by atoms with Gasteiger partial charge in [-0.3, -0.25) is 4.90 Å². The summed E-state index contributed by atoms with van der Waals surface area (Å²) in [4.78, 5) is 14.0. The molecule has 4 aromatic rings. The first-order valence-electron chi connectivity index (χ1n) is 16.3. The Morgan fingerprint density at radius 2 is 1.93 bits per heavy atom. The second-order valence-corrected chi connectivity index (χ2v) is 14.9. The number of anilines is 2. The van der Waals surface area contributed by atoms with E-state index in [1.165, 1.54) is 6.07 Å². The lowest BCUT2D eigenvalue weighted by molar-refractivity contribution is 0.107. The van der Waals surface area contributed by atoms with Crippen LogP contribution in [-0.2, 0) is 0 Å². The van der Waals surface area contributed by atoms with Gasteiger partial charge >= 0.3 is 6.01 Å². The first-order chi connectivity index (χ1) is 22.3. The van der Waals surface area contributed by atoms with Crippen LogP contribution in [0.1, 0.15) is 62.0 Å². The van der Waals surface area contributed by atoms with Crippen LogP contribution in [-0.4, -0.2) is 71.4 Å². The first-order valence-corrected chi connectivity index (χ1v) is 17.1. The molecule has 5 fully saturated rings. The van der Waals surface area contributed by atoms with E-state index in [9.17, 15) is 9.65 Å². The maximum Gasteiger partial charge on any atom is 0.319 e. The highest BCUT2D eigenvalue weighted by Gasteiger charge is 2.49. The first kappa shape index (κ1) is 28.6. The highest BCUT2D eigenvalue weighted by atomic mass is 32.1. The number of hydrogen-bond acceptors (Lipinski definition) is 9. The van der Waals surface area contributed by atoms with E-state index in [0.29, 0.717) is 52.8 Å². The highest BCUT2D eigenvalue weighted by molar-refractivity contribution is 7.23. The SMILES string of the molecule is N#Cc1c(N)sc2c(F)ccc(-c3c(C4CC4)cc4c(N5C[C@H]6CC[C@@H](C5)N6)nc(OC[C@@]56CCCN5C[C@H](F)C6)nc4c3F)c12. The average Bonchev–Trinajstić information content (AvgIpc) is 3.47. The molecule has 0 radical (unpaired) electrons. The summed E-state index contributed by atoms with van der Waals surface area (Å²) in [6, 6.07) is 7.72. The minimum absolute atomic E-state index is 0.0719. The number of nitriles is 1. The molecule has 9 rings (SSSR count). The van der Waals surface area contributed by atoms with Gasteiger partial charge in [-0.15, -0.1) is 11.3 Å². The molecule has 1 saturated carbocycles. The summed E-state index contributed by atoms with van der Waals surface area (Å²) in [5.74, 6) is -0.273. The van der Waals surface area contributed by atoms with Crippen LogP contribution in [0.2, 0.25) is 0 Å². The predicted octanol–water partition coefficient (Wildman–Crippen LogP) is 6.02. The van der Waals surface area contributed by atoms with Gasteiger partial charge in [0, 0.05) is 54.5 Å². The van der Waals surface area contributed by atoms with Gasteiger partial charge in [-0.1, -0.05) is 6.07 Å². The van der Waals surface area contributed by atoms with Gasteiger partial charge < -0.3 is 20.7 Å². The maximum atomic E-state index is 17.3. The zero-order chi connectivity index (χ0) is 31.3. The number of benzene rings is 2. The number of nitrogen functional groups attached to an aromatic ring is 1. The van der Waals surface area contributed by atoms with Crippen LogP contribution in [0.5, 0.6) is 6.01 Å². The van der Waals surface area contributed by atoms with Gasteiger partial charge in [-0.25, -0.2) is 13.2 Å². The zero-order valence-corrected chi connectivity index (χ0v) is 26.1. The Kier molecular flexibility index (Phi) is 6.47. The van der Waals surface area contributed by atoms with Gasteiger partial charge in [0.2, 0.25) is 0 Å². The van der Waals surface area contributed by atoms with Crippen molar-refractivity contribution in [1.82, 2.24) is 20.2 Å². The molecule has 2 bridgehead atoms. The monoisotopic (exact) mass is 645 g/mol. The van der Waals surface area contributed by atoms with E-state index in [0.717, 1.165) is 75.1 Å². The molecule has 2 aromatic carbocycles. The van der Waals surface area contributed by atoms with Gasteiger partial charge in [0.05, 0.1) is 15.8 Å². The number of halogens is 3. The van der Waals surface area contributed by atoms with Crippen molar-refractivity contribution in [2.45, 2.75) is 74.7 Å². The van der Waals surface area contributed by atoms with Crippen LogP contribution in [0.15, 0.2) is 18.2 Å². The summed E-state index contributed by atoms with van der Waals surface area (Å²) >= 11 is 1.00. The second kappa shape index (κ2) is 10.4. The topological polar surface area (TPSA) is 103 Å². The number of aromatic nitrogens is 2. The molecule has 46 heavy (non-hydrogen) atoms. The number of piperazine rings is 1. The number of nitrogens with zero attached hydrogens (tertiary/aromatic N) is 5. The van der Waals surface area contributed by atoms with Crippen molar-refractivity contribution in [2.75, 3.05) is 43.4 Å². The van der Waals surface area contributed by atoms with Crippen molar-refractivity contribution in [3.63, 3.8) is 0 Å². The van der Waals surface area contributed by atoms with E-state index in [-0.39, 0.29) is 39.3 Å². The molecule has 2 aromatic heterocycles. The number of nitrogens with two attached hydrogens (primary N) is 1. The molecule has 4 aliphatic heterocycles. The van der Waals surface area contributed by atoms with E-state index < -0.39 is 23.3 Å². The second-order valence-electron chi connectivity index (χ2n) is 13.8. The van der Waals surface area contributed by atoms with Crippen molar-refractivity contribution in [2.24, 2.45) is 0 Å². The van der Waals surface area contributed by atoms with E-state index in [1.54, 1.807) is 6.07 Å². The minimum Gasteiger partial charge on any atom is -0.461 e. The third-order valence-electron chi connectivity index (χ3n) is 10.9. The van der Waals surface area contributed by atoms with Crippen molar-refractivity contribution in [1.29, 1.82) is 5.26 Å². The summed E-state index contributed by atoms with van der Waals surface area (Å²) in [5, 5.41) is 14.8. The summed E-state index contributed by atoms with van der Waals surface area (Å²) in [6.45, 7) is 2.96. The van der Waals surface area contributed by atoms with Crippen LogP contribution in [0.4, 0.5) is 24.0 Å². The molecule has 5 aliphatic rings. The smallest absolute Gasteiger partial charge is 0.319 e. The molecule has 3 N–H and O–H groups in total. The van der Waals surface area contributed by atoms with Crippen molar-refractivity contribution in [3.8, 4) is 23.2 Å². The summed E-state index contributed by atoms with van der Waals surface area (Å²) < 4.78 is 53.4. The molecule has 1 aliphatic carbocycles. The Hall–Kier alpha value is -3.66. The number of alkyl halides is 1. The van der Waals surface area contributed by atoms with E-state index in [4.69, 9.17) is 20.4 Å². The van der Waals surface area contributed by atoms with Crippen LogP contribution < -0.4 is 20.7 Å². The van der Waals surface area contributed by atoms with Gasteiger partial charge in [0.25, 0.3) is 0 Å². The molecule has 8 nitrogen and oxygen atoms in total. The Morgan fingerprint density at radius 1 is 1.13 bits per heavy atom. The number of ether oxygens (including phenoxy) is 1. The third-order valence-corrected chi connectivity index (χ3v) is 11.9. The standard InChI is InChI=1S/C34H34F3N7OS/c35-18-11-34(8-1-9-44(34)13-18)16-45-33-41-29-23(32(42-33)43-14-19-4-5-20(15-43)40-19)10-22(17-2-3-17)26(28(29)37)21-6-7-25(36)30-27(21)24(12-38)31(39)46-30/h6-7,10,17-20,40H,1-5,8-9,11,13-16,39H2/t18-,19-,20+,34+/m1/s1. The van der Waals surface area contributed by atoms with Crippen LogP contribution >= 0.6 is 11.3 Å². The van der Waals surface area contributed by atoms with Gasteiger partial charge in [0.15, 0.2) is 5.82 Å². The van der Waals surface area contributed by atoms with E-state index in [1.807, 2.05) is 6.07 Å². The fourth-order valence-electron chi connectivity index (χ4n) is 8.63. The Labute approximate surface area is 268 Å². The van der Waals surface area contributed by atoms with Crippen LogP contribution in [0.25, 0.3) is 32.1 Å². The van der Waals surface area contributed by atoms with Crippen molar-refractivity contribution >= 4 is 43.1 Å². The molecule has 0 amide bonds. The molecule has 238 valence electrons. The van der Waals surface area contributed by atoms with Crippen molar-refractivity contribution in [3.05, 3.63) is 41.0 Å². The number of rotatable bonds is 6. The normalized spacial score (nSPS) is 27.5. The zero-order valence-electron chi connectivity index (χ0n) is 25.3. The fourth-order valence-corrected chi connectivity index (χ4v) is 9.58. The molecule has 0 unspecified atom stereocenters. The largest absolute Gasteiger partial charge is 0.461 e. The summed E-state index contributed by atoms with van der Waals surface area (Å²) in [7, 11) is 0. The molecule has 4 saturated heterocycles. The van der Waals surface area contributed by atoms with Gasteiger partial charge in [0.1, 0.15) is 41.0 Å². The lowest BCUT2D eigenvalue weighted by Crippen LogP contribution is -2.51. The third kappa shape index (κ3) is 4.38.